The maximum absolute atomic E-state index is 12.5. The van der Waals surface area contributed by atoms with Crippen molar-refractivity contribution >= 4 is 5.82 Å². The van der Waals surface area contributed by atoms with Crippen molar-refractivity contribution in [1.82, 2.24) is 4.98 Å². The molecule has 0 aromatic carbocycles. The van der Waals surface area contributed by atoms with Crippen molar-refractivity contribution in [2.75, 3.05) is 5.73 Å². The van der Waals surface area contributed by atoms with Gasteiger partial charge in [0, 0.05) is 6.20 Å². The molecular weight excluding hydrogens is 193 g/mol. The summed E-state index contributed by atoms with van der Waals surface area (Å²) >= 11 is 0. The molecule has 1 heterocycles. The molecule has 1 aromatic heterocycles. The van der Waals surface area contributed by atoms with E-state index in [0.717, 1.165) is 19.0 Å². The highest BCUT2D eigenvalue weighted by atomic mass is 19.4. The molecular formula is C9H9F3N2. The summed E-state index contributed by atoms with van der Waals surface area (Å²) in [6.45, 7) is 0. The van der Waals surface area contributed by atoms with Gasteiger partial charge in [0.25, 0.3) is 0 Å². The number of pyridine rings is 1. The summed E-state index contributed by atoms with van der Waals surface area (Å²) < 4.78 is 37.5. The van der Waals surface area contributed by atoms with Crippen LogP contribution in [0.15, 0.2) is 12.3 Å². The molecule has 0 amide bonds. The maximum atomic E-state index is 12.5. The third-order valence-corrected chi connectivity index (χ3v) is 2.28. The second-order valence-corrected chi connectivity index (χ2v) is 3.47. The highest BCUT2D eigenvalue weighted by Gasteiger charge is 2.38. The van der Waals surface area contributed by atoms with E-state index in [1.165, 1.54) is 6.07 Å². The van der Waals surface area contributed by atoms with Gasteiger partial charge in [-0.3, -0.25) is 0 Å². The second kappa shape index (κ2) is 2.87. The van der Waals surface area contributed by atoms with Gasteiger partial charge in [0.05, 0.1) is 5.56 Å². The predicted molar refractivity (Wildman–Crippen MR) is 45.6 cm³/mol. The van der Waals surface area contributed by atoms with E-state index in [-0.39, 0.29) is 11.7 Å². The minimum atomic E-state index is -4.32. The number of anilines is 1. The molecule has 0 aliphatic heterocycles. The van der Waals surface area contributed by atoms with Crippen molar-refractivity contribution in [2.24, 2.45) is 0 Å². The van der Waals surface area contributed by atoms with Crippen LogP contribution in [0.5, 0.6) is 0 Å². The fourth-order valence-corrected chi connectivity index (χ4v) is 1.46. The first-order chi connectivity index (χ1) is 6.48. The number of rotatable bonds is 1. The largest absolute Gasteiger partial charge is 0.418 e. The van der Waals surface area contributed by atoms with Crippen molar-refractivity contribution in [3.63, 3.8) is 0 Å². The topological polar surface area (TPSA) is 38.9 Å². The molecule has 0 atom stereocenters. The van der Waals surface area contributed by atoms with Gasteiger partial charge in [-0.15, -0.1) is 0 Å². The lowest BCUT2D eigenvalue weighted by Crippen LogP contribution is -2.10. The van der Waals surface area contributed by atoms with Crippen LogP contribution in [-0.2, 0) is 6.18 Å². The van der Waals surface area contributed by atoms with Crippen LogP contribution in [0.3, 0.4) is 0 Å². The van der Waals surface area contributed by atoms with Gasteiger partial charge in [0.1, 0.15) is 5.82 Å². The number of nitrogens with two attached hydrogens (primary N) is 1. The monoisotopic (exact) mass is 202 g/mol. The lowest BCUT2D eigenvalue weighted by molar-refractivity contribution is -0.138. The maximum Gasteiger partial charge on any atom is 0.418 e. The van der Waals surface area contributed by atoms with Crippen molar-refractivity contribution < 1.29 is 13.2 Å². The third-order valence-electron chi connectivity index (χ3n) is 2.28. The molecule has 1 aliphatic carbocycles. The number of aromatic nitrogens is 1. The predicted octanol–water partition coefficient (Wildman–Crippen LogP) is 2.56. The average molecular weight is 202 g/mol. The first kappa shape index (κ1) is 9.30. The van der Waals surface area contributed by atoms with E-state index in [2.05, 4.69) is 4.98 Å². The van der Waals surface area contributed by atoms with Crippen molar-refractivity contribution in [2.45, 2.75) is 24.9 Å². The molecule has 0 radical (unpaired) electrons. The quantitative estimate of drug-likeness (QED) is 0.760. The Balaban J connectivity index is 2.47. The molecule has 0 saturated heterocycles. The number of halogens is 3. The summed E-state index contributed by atoms with van der Waals surface area (Å²) in [5.41, 5.74) is 5.01. The van der Waals surface area contributed by atoms with E-state index in [1.54, 1.807) is 0 Å². The Bertz CT molecular complexity index is 356. The van der Waals surface area contributed by atoms with Gasteiger partial charge in [-0.05, 0) is 30.4 Å². The highest BCUT2D eigenvalue weighted by Crippen LogP contribution is 2.45. The summed E-state index contributed by atoms with van der Waals surface area (Å²) in [4.78, 5) is 3.47. The Morgan fingerprint density at radius 3 is 2.50 bits per heavy atom. The standard InChI is InChI=1S/C9H9F3N2/c10-9(11,12)7-4-14-8(13)3-6(7)5-1-2-5/h3-5H,1-2H2,(H2,13,14). The van der Waals surface area contributed by atoms with E-state index in [4.69, 9.17) is 5.73 Å². The fraction of sp³-hybridized carbons (Fsp3) is 0.444. The zero-order valence-electron chi connectivity index (χ0n) is 7.30. The third kappa shape index (κ3) is 1.66. The summed E-state index contributed by atoms with van der Waals surface area (Å²) in [5.74, 6) is 0.178. The molecule has 14 heavy (non-hydrogen) atoms. The number of hydrogen-bond donors (Lipinski definition) is 1. The van der Waals surface area contributed by atoms with E-state index in [0.29, 0.717) is 5.56 Å². The summed E-state index contributed by atoms with van der Waals surface area (Å²) in [6, 6.07) is 1.33. The molecule has 1 aliphatic rings. The van der Waals surface area contributed by atoms with Crippen LogP contribution in [0.2, 0.25) is 0 Å². The highest BCUT2D eigenvalue weighted by molar-refractivity contribution is 5.42. The van der Waals surface area contributed by atoms with E-state index < -0.39 is 11.7 Å². The Labute approximate surface area is 78.9 Å². The molecule has 1 saturated carbocycles. The zero-order valence-corrected chi connectivity index (χ0v) is 7.30. The lowest BCUT2D eigenvalue weighted by atomic mass is 10.1. The average Bonchev–Trinajstić information content (AvgIpc) is 2.83. The molecule has 76 valence electrons. The molecule has 0 bridgehead atoms. The number of nitrogens with zero attached hydrogens (tertiary/aromatic N) is 1. The minimum absolute atomic E-state index is 0.0249. The Morgan fingerprint density at radius 2 is 2.00 bits per heavy atom. The molecule has 1 fully saturated rings. The first-order valence-electron chi connectivity index (χ1n) is 4.31. The van der Waals surface area contributed by atoms with Gasteiger partial charge in [0.15, 0.2) is 0 Å². The van der Waals surface area contributed by atoms with Crippen LogP contribution in [0.4, 0.5) is 19.0 Å². The van der Waals surface area contributed by atoms with E-state index in [1.807, 2.05) is 0 Å². The zero-order chi connectivity index (χ0) is 10.3. The van der Waals surface area contributed by atoms with Gasteiger partial charge in [-0.2, -0.15) is 13.2 Å². The van der Waals surface area contributed by atoms with Gasteiger partial charge in [0.2, 0.25) is 0 Å². The van der Waals surface area contributed by atoms with Crippen LogP contribution in [0.1, 0.15) is 29.9 Å². The van der Waals surface area contributed by atoms with E-state index in [9.17, 15) is 13.2 Å². The van der Waals surface area contributed by atoms with Gasteiger partial charge in [-0.1, -0.05) is 0 Å². The Morgan fingerprint density at radius 1 is 1.36 bits per heavy atom. The molecule has 0 spiro atoms. The summed E-state index contributed by atoms with van der Waals surface area (Å²) in [5, 5.41) is 0. The van der Waals surface area contributed by atoms with Gasteiger partial charge in [-0.25, -0.2) is 4.98 Å². The number of alkyl halides is 3. The van der Waals surface area contributed by atoms with Crippen molar-refractivity contribution in [3.8, 4) is 0 Å². The molecule has 1 aromatic rings. The normalized spacial score (nSPS) is 17.1. The molecule has 2 nitrogen and oxygen atoms in total. The first-order valence-corrected chi connectivity index (χ1v) is 4.31. The van der Waals surface area contributed by atoms with Crippen LogP contribution in [-0.4, -0.2) is 4.98 Å². The minimum Gasteiger partial charge on any atom is -0.384 e. The molecule has 0 unspecified atom stereocenters. The fourth-order valence-electron chi connectivity index (χ4n) is 1.46. The molecule has 2 N–H and O–H groups in total. The van der Waals surface area contributed by atoms with Crippen LogP contribution < -0.4 is 5.73 Å². The van der Waals surface area contributed by atoms with Crippen LogP contribution in [0, 0.1) is 0 Å². The molecule has 2 rings (SSSR count). The smallest absolute Gasteiger partial charge is 0.384 e. The summed E-state index contributed by atoms with van der Waals surface area (Å²) in [6.07, 6.45) is -1.87. The van der Waals surface area contributed by atoms with Crippen molar-refractivity contribution in [3.05, 3.63) is 23.4 Å². The molecule has 5 heteroatoms. The van der Waals surface area contributed by atoms with Gasteiger partial charge >= 0.3 is 6.18 Å². The van der Waals surface area contributed by atoms with Crippen molar-refractivity contribution in [1.29, 1.82) is 0 Å². The number of hydrogen-bond acceptors (Lipinski definition) is 2. The Hall–Kier alpha value is -1.26. The van der Waals surface area contributed by atoms with E-state index >= 15 is 0 Å². The SMILES string of the molecule is Nc1cc(C2CC2)c(C(F)(F)F)cn1. The number of nitrogen functional groups attached to an aromatic ring is 1. The Kier molecular flexibility index (Phi) is 1.90. The van der Waals surface area contributed by atoms with Crippen LogP contribution >= 0.6 is 0 Å². The summed E-state index contributed by atoms with van der Waals surface area (Å²) in [7, 11) is 0. The lowest BCUT2D eigenvalue weighted by Gasteiger charge is -2.11. The van der Waals surface area contributed by atoms with Gasteiger partial charge < -0.3 is 5.73 Å². The van der Waals surface area contributed by atoms with Crippen LogP contribution in [0.25, 0.3) is 0 Å². The second-order valence-electron chi connectivity index (χ2n) is 3.47.